The van der Waals surface area contributed by atoms with Gasteiger partial charge < -0.3 is 15.4 Å². The first-order chi connectivity index (χ1) is 9.24. The average molecular weight is 411 g/mol. The number of rotatable bonds is 6. The fourth-order valence-electron chi connectivity index (χ4n) is 2.09. The van der Waals surface area contributed by atoms with Crippen LogP contribution in [0.2, 0.25) is 0 Å². The van der Waals surface area contributed by atoms with E-state index in [1.807, 2.05) is 0 Å². The molecule has 0 aromatic rings. The lowest BCUT2D eigenvalue weighted by molar-refractivity contribution is -0.0945. The minimum absolute atomic E-state index is 0. The quantitative estimate of drug-likeness (QED) is 0.400. The van der Waals surface area contributed by atoms with E-state index in [2.05, 4.69) is 52.2 Å². The first-order valence-electron chi connectivity index (χ1n) is 7.87. The molecule has 2 N–H and O–H groups in total. The summed E-state index contributed by atoms with van der Waals surface area (Å²) in [5, 5.41) is 6.84. The highest BCUT2D eigenvalue weighted by Crippen LogP contribution is 2.26. The predicted octanol–water partition coefficient (Wildman–Crippen LogP) is 3.41. The van der Waals surface area contributed by atoms with Crippen molar-refractivity contribution < 1.29 is 4.74 Å². The zero-order chi connectivity index (χ0) is 15.2. The van der Waals surface area contributed by atoms with Crippen molar-refractivity contribution in [2.45, 2.75) is 60.4 Å². The summed E-state index contributed by atoms with van der Waals surface area (Å²) < 4.78 is 5.28. The van der Waals surface area contributed by atoms with Gasteiger partial charge in [-0.2, -0.15) is 0 Å². The molecule has 1 heterocycles. The van der Waals surface area contributed by atoms with Gasteiger partial charge in [0.05, 0.1) is 19.8 Å². The Labute approximate surface area is 147 Å². The van der Waals surface area contributed by atoms with Crippen LogP contribution in [0.3, 0.4) is 0 Å². The van der Waals surface area contributed by atoms with Crippen molar-refractivity contribution >= 4 is 29.9 Å². The predicted molar refractivity (Wildman–Crippen MR) is 102 cm³/mol. The molecule has 21 heavy (non-hydrogen) atoms. The summed E-state index contributed by atoms with van der Waals surface area (Å²) in [5.41, 5.74) is 0.624. The Hall–Kier alpha value is -0.0400. The fourth-order valence-corrected chi connectivity index (χ4v) is 2.09. The van der Waals surface area contributed by atoms with E-state index >= 15 is 0 Å². The smallest absolute Gasteiger partial charge is 0.191 e. The van der Waals surface area contributed by atoms with E-state index in [0.29, 0.717) is 11.5 Å². The van der Waals surface area contributed by atoms with Gasteiger partial charge in [0.15, 0.2) is 5.96 Å². The number of hydrogen-bond acceptors (Lipinski definition) is 2. The van der Waals surface area contributed by atoms with Crippen LogP contribution >= 0.6 is 24.0 Å². The van der Waals surface area contributed by atoms with Crippen LogP contribution in [0.1, 0.15) is 54.4 Å². The minimum atomic E-state index is 0. The Balaban J connectivity index is 0.00000400. The molecule has 5 heteroatoms. The number of hydrogen-bond donors (Lipinski definition) is 2. The molecule has 0 aliphatic carbocycles. The fraction of sp³-hybridized carbons (Fsp3) is 0.938. The number of halogens is 1. The summed E-state index contributed by atoms with van der Waals surface area (Å²) in [5.74, 6) is 0.932. The molecule has 1 atom stereocenters. The highest BCUT2D eigenvalue weighted by molar-refractivity contribution is 14.0. The van der Waals surface area contributed by atoms with E-state index in [0.717, 1.165) is 38.7 Å². The molecule has 0 spiro atoms. The molecule has 0 bridgehead atoms. The third-order valence-electron chi connectivity index (χ3n) is 3.57. The van der Waals surface area contributed by atoms with Crippen LogP contribution in [0.25, 0.3) is 0 Å². The van der Waals surface area contributed by atoms with Crippen LogP contribution in [0, 0.1) is 10.8 Å². The normalized spacial score (nSPS) is 19.2. The Kier molecular flexibility index (Phi) is 9.16. The third-order valence-corrected chi connectivity index (χ3v) is 3.57. The van der Waals surface area contributed by atoms with Gasteiger partial charge in [-0.3, -0.25) is 4.99 Å². The van der Waals surface area contributed by atoms with Crippen LogP contribution in [-0.2, 0) is 4.74 Å². The van der Waals surface area contributed by atoms with Crippen LogP contribution in [0.15, 0.2) is 4.99 Å². The summed E-state index contributed by atoms with van der Waals surface area (Å²) in [4.78, 5) is 4.71. The molecule has 4 nitrogen and oxygen atoms in total. The number of nitrogens with one attached hydrogen (secondary N) is 2. The van der Waals surface area contributed by atoms with Gasteiger partial charge in [-0.25, -0.2) is 0 Å². The van der Waals surface area contributed by atoms with Crippen molar-refractivity contribution in [1.82, 2.24) is 10.6 Å². The second-order valence-electron chi connectivity index (χ2n) is 7.64. The van der Waals surface area contributed by atoms with Gasteiger partial charge in [0.2, 0.25) is 0 Å². The van der Waals surface area contributed by atoms with E-state index in [1.54, 1.807) is 0 Å². The maximum absolute atomic E-state index is 5.28. The largest absolute Gasteiger partial charge is 0.380 e. The molecule has 0 aromatic heterocycles. The van der Waals surface area contributed by atoms with Gasteiger partial charge in [0, 0.05) is 18.0 Å². The van der Waals surface area contributed by atoms with Crippen LogP contribution in [0.5, 0.6) is 0 Å². The Morgan fingerprint density at radius 3 is 2.38 bits per heavy atom. The summed E-state index contributed by atoms with van der Waals surface area (Å²) in [6, 6.07) is 0.442. The lowest BCUT2D eigenvalue weighted by Gasteiger charge is -2.36. The van der Waals surface area contributed by atoms with E-state index in [1.165, 1.54) is 6.42 Å². The Bertz CT molecular complexity index is 322. The minimum Gasteiger partial charge on any atom is -0.380 e. The van der Waals surface area contributed by atoms with Crippen molar-refractivity contribution in [2.24, 2.45) is 15.8 Å². The number of aliphatic imine (C=N–C) groups is 1. The summed E-state index contributed by atoms with van der Waals surface area (Å²) in [7, 11) is 0. The second kappa shape index (κ2) is 9.18. The molecule has 0 radical (unpaired) electrons. The maximum atomic E-state index is 5.28. The van der Waals surface area contributed by atoms with Gasteiger partial charge in [0.25, 0.3) is 0 Å². The van der Waals surface area contributed by atoms with Gasteiger partial charge in [-0.1, -0.05) is 27.7 Å². The van der Waals surface area contributed by atoms with E-state index < -0.39 is 0 Å². The molecular formula is C16H34IN3O. The monoisotopic (exact) mass is 411 g/mol. The molecule has 0 saturated carbocycles. The van der Waals surface area contributed by atoms with Crippen molar-refractivity contribution in [3.63, 3.8) is 0 Å². The molecule has 1 unspecified atom stereocenters. The summed E-state index contributed by atoms with van der Waals surface area (Å²) >= 11 is 0. The number of guanidine groups is 1. The standard InChI is InChI=1S/C16H33N3O.HI/c1-7-17-14(18-10-16(6)11-20-12-16)19-13(2)8-9-15(3,4)5;/h13H,7-12H2,1-6H3,(H2,17,18,19);1H. The molecule has 126 valence electrons. The highest BCUT2D eigenvalue weighted by atomic mass is 127. The van der Waals surface area contributed by atoms with E-state index in [4.69, 9.17) is 9.73 Å². The van der Waals surface area contributed by atoms with Gasteiger partial charge in [-0.15, -0.1) is 24.0 Å². The van der Waals surface area contributed by atoms with Gasteiger partial charge in [-0.05, 0) is 32.1 Å². The molecular weight excluding hydrogens is 377 g/mol. The van der Waals surface area contributed by atoms with E-state index in [-0.39, 0.29) is 29.4 Å². The molecule has 1 fully saturated rings. The number of ether oxygens (including phenoxy) is 1. The second-order valence-corrected chi connectivity index (χ2v) is 7.64. The summed E-state index contributed by atoms with van der Waals surface area (Å²) in [6.07, 6.45) is 2.38. The SMILES string of the molecule is CCNC(=NCC1(C)COC1)NC(C)CCC(C)(C)C.I. The lowest BCUT2D eigenvalue weighted by Crippen LogP contribution is -2.46. The first-order valence-corrected chi connectivity index (χ1v) is 7.87. The van der Waals surface area contributed by atoms with Crippen LogP contribution in [0.4, 0.5) is 0 Å². The van der Waals surface area contributed by atoms with Crippen LogP contribution < -0.4 is 10.6 Å². The molecule has 1 saturated heterocycles. The zero-order valence-electron chi connectivity index (χ0n) is 14.6. The topological polar surface area (TPSA) is 45.7 Å². The molecule has 1 aliphatic rings. The molecule has 1 aliphatic heterocycles. The zero-order valence-corrected chi connectivity index (χ0v) is 16.9. The lowest BCUT2D eigenvalue weighted by atomic mass is 9.89. The van der Waals surface area contributed by atoms with Crippen molar-refractivity contribution in [1.29, 1.82) is 0 Å². The average Bonchev–Trinajstić information content (AvgIpc) is 2.30. The highest BCUT2D eigenvalue weighted by Gasteiger charge is 2.33. The van der Waals surface area contributed by atoms with E-state index in [9.17, 15) is 0 Å². The molecule has 0 amide bonds. The van der Waals surface area contributed by atoms with Crippen molar-refractivity contribution in [3.8, 4) is 0 Å². The third kappa shape index (κ3) is 8.86. The van der Waals surface area contributed by atoms with Crippen molar-refractivity contribution in [3.05, 3.63) is 0 Å². The van der Waals surface area contributed by atoms with Crippen molar-refractivity contribution in [2.75, 3.05) is 26.3 Å². The van der Waals surface area contributed by atoms with Gasteiger partial charge >= 0.3 is 0 Å². The number of nitrogens with zero attached hydrogens (tertiary/aromatic N) is 1. The Morgan fingerprint density at radius 2 is 1.95 bits per heavy atom. The first kappa shape index (κ1) is 21.0. The molecule has 1 rings (SSSR count). The molecule has 0 aromatic carbocycles. The van der Waals surface area contributed by atoms with Gasteiger partial charge in [0.1, 0.15) is 0 Å². The van der Waals surface area contributed by atoms with Crippen LogP contribution in [-0.4, -0.2) is 38.3 Å². The Morgan fingerprint density at radius 1 is 1.33 bits per heavy atom. The maximum Gasteiger partial charge on any atom is 0.191 e. The summed E-state index contributed by atoms with van der Waals surface area (Å²) in [6.45, 7) is 16.8.